The van der Waals surface area contributed by atoms with Gasteiger partial charge in [-0.3, -0.25) is 0 Å². The van der Waals surface area contributed by atoms with Crippen molar-refractivity contribution in [1.29, 1.82) is 0 Å². The summed E-state index contributed by atoms with van der Waals surface area (Å²) in [4.78, 5) is -0.446. The van der Waals surface area contributed by atoms with E-state index in [-0.39, 0.29) is 11.1 Å². The van der Waals surface area contributed by atoms with Gasteiger partial charge in [-0.15, -0.1) is 0 Å². The van der Waals surface area contributed by atoms with Crippen LogP contribution in [0.5, 0.6) is 0 Å². The Labute approximate surface area is 206 Å². The molecule has 33 heavy (non-hydrogen) atoms. The van der Waals surface area contributed by atoms with Gasteiger partial charge in [-0.2, -0.15) is 9.82 Å². The molecule has 1 heterocycles. The zero-order valence-corrected chi connectivity index (χ0v) is 20.4. The SMILES string of the molecule is Cc1ccc(F)c(S(=O)(=O)NC(C2=NNC(c3ccc(Cl)cc3)C2)c2ccc(Cl)cc2Cl)c1. The normalized spacial score (nSPS) is 16.9. The smallest absolute Gasteiger partial charge is 0.244 e. The highest BCUT2D eigenvalue weighted by Gasteiger charge is 2.33. The highest BCUT2D eigenvalue weighted by molar-refractivity contribution is 7.89. The van der Waals surface area contributed by atoms with Gasteiger partial charge in [-0.25, -0.2) is 12.8 Å². The van der Waals surface area contributed by atoms with Crippen molar-refractivity contribution in [3.8, 4) is 0 Å². The molecule has 0 aliphatic carbocycles. The zero-order valence-electron chi connectivity index (χ0n) is 17.3. The monoisotopic (exact) mass is 525 g/mol. The molecule has 0 saturated carbocycles. The van der Waals surface area contributed by atoms with Gasteiger partial charge in [0.25, 0.3) is 0 Å². The molecule has 0 radical (unpaired) electrons. The average molecular weight is 527 g/mol. The standard InChI is InChI=1S/C23H19Cl3FN3O2S/c1-13-2-9-19(27)22(10-13)33(31,32)30-23(17-8-7-16(25)11-18(17)26)21-12-20(28-29-21)14-3-5-15(24)6-4-14/h2-11,20,23,28,30H,12H2,1H3. The van der Waals surface area contributed by atoms with Crippen LogP contribution in [0.4, 0.5) is 4.39 Å². The van der Waals surface area contributed by atoms with E-state index in [1.54, 1.807) is 31.2 Å². The Bertz CT molecular complexity index is 1330. The fraction of sp³-hybridized carbons (Fsp3) is 0.174. The molecular formula is C23H19Cl3FN3O2S. The first-order valence-corrected chi connectivity index (χ1v) is 12.6. The summed E-state index contributed by atoms with van der Waals surface area (Å²) in [5.74, 6) is -0.848. The Morgan fingerprint density at radius 3 is 2.42 bits per heavy atom. The summed E-state index contributed by atoms with van der Waals surface area (Å²) in [5.41, 5.74) is 5.53. The fourth-order valence-corrected chi connectivity index (χ4v) is 5.62. The number of sulfonamides is 1. The van der Waals surface area contributed by atoms with Crippen LogP contribution in [0.15, 0.2) is 70.7 Å². The van der Waals surface area contributed by atoms with Crippen molar-refractivity contribution in [2.45, 2.75) is 30.3 Å². The second-order valence-electron chi connectivity index (χ2n) is 7.69. The minimum atomic E-state index is -4.26. The minimum Gasteiger partial charge on any atom is -0.302 e. The summed E-state index contributed by atoms with van der Waals surface area (Å²) < 4.78 is 43.4. The summed E-state index contributed by atoms with van der Waals surface area (Å²) in [6.07, 6.45) is 0.393. The van der Waals surface area contributed by atoms with Crippen LogP contribution in [0, 0.1) is 12.7 Å². The summed E-state index contributed by atoms with van der Waals surface area (Å²) >= 11 is 18.4. The molecule has 172 valence electrons. The predicted molar refractivity (Wildman–Crippen MR) is 130 cm³/mol. The molecule has 2 unspecified atom stereocenters. The quantitative estimate of drug-likeness (QED) is 0.401. The van der Waals surface area contributed by atoms with E-state index in [0.29, 0.717) is 33.3 Å². The summed E-state index contributed by atoms with van der Waals surface area (Å²) in [5, 5.41) is 5.67. The number of nitrogens with zero attached hydrogens (tertiary/aromatic N) is 1. The molecule has 2 atom stereocenters. The molecule has 0 bridgehead atoms. The zero-order chi connectivity index (χ0) is 23.8. The first-order valence-electron chi connectivity index (χ1n) is 9.95. The lowest BCUT2D eigenvalue weighted by molar-refractivity contribution is 0.553. The van der Waals surface area contributed by atoms with E-state index in [0.717, 1.165) is 11.6 Å². The number of rotatable bonds is 6. The fourth-order valence-electron chi connectivity index (χ4n) is 3.61. The van der Waals surface area contributed by atoms with Crippen molar-refractivity contribution in [1.82, 2.24) is 10.1 Å². The lowest BCUT2D eigenvalue weighted by Gasteiger charge is -2.21. The van der Waals surface area contributed by atoms with Crippen molar-refractivity contribution in [3.63, 3.8) is 0 Å². The maximum Gasteiger partial charge on any atom is 0.244 e. The van der Waals surface area contributed by atoms with Crippen molar-refractivity contribution in [2.24, 2.45) is 5.10 Å². The van der Waals surface area contributed by atoms with Gasteiger partial charge in [0.05, 0.1) is 17.8 Å². The van der Waals surface area contributed by atoms with Gasteiger partial charge in [-0.1, -0.05) is 59.1 Å². The second kappa shape index (κ2) is 9.60. The van der Waals surface area contributed by atoms with Crippen LogP contribution in [0.1, 0.15) is 35.2 Å². The molecule has 3 aromatic carbocycles. The number of hydrogen-bond donors (Lipinski definition) is 2. The summed E-state index contributed by atoms with van der Waals surface area (Å²) in [6.45, 7) is 1.69. The van der Waals surface area contributed by atoms with Gasteiger partial charge in [0.1, 0.15) is 10.7 Å². The maximum absolute atomic E-state index is 14.4. The Morgan fingerprint density at radius 2 is 1.73 bits per heavy atom. The van der Waals surface area contributed by atoms with Crippen molar-refractivity contribution >= 4 is 50.5 Å². The van der Waals surface area contributed by atoms with Crippen LogP contribution in [-0.2, 0) is 10.0 Å². The van der Waals surface area contributed by atoms with Gasteiger partial charge >= 0.3 is 0 Å². The third-order valence-electron chi connectivity index (χ3n) is 5.31. The van der Waals surface area contributed by atoms with Crippen molar-refractivity contribution in [3.05, 3.63) is 98.2 Å². The average Bonchev–Trinajstić information content (AvgIpc) is 3.25. The molecule has 0 saturated heterocycles. The largest absolute Gasteiger partial charge is 0.302 e. The van der Waals surface area contributed by atoms with E-state index in [2.05, 4.69) is 15.2 Å². The minimum absolute atomic E-state index is 0.189. The molecule has 0 amide bonds. The van der Waals surface area contributed by atoms with Gasteiger partial charge < -0.3 is 5.43 Å². The topological polar surface area (TPSA) is 70.6 Å². The Morgan fingerprint density at radius 1 is 1.03 bits per heavy atom. The number of nitrogens with one attached hydrogen (secondary N) is 2. The van der Waals surface area contributed by atoms with E-state index in [1.807, 2.05) is 12.1 Å². The first kappa shape index (κ1) is 24.0. The molecule has 2 N–H and O–H groups in total. The lowest BCUT2D eigenvalue weighted by atomic mass is 9.96. The van der Waals surface area contributed by atoms with Crippen LogP contribution in [0.3, 0.4) is 0 Å². The molecule has 10 heteroatoms. The first-order chi connectivity index (χ1) is 15.6. The number of hydrazone groups is 1. The summed E-state index contributed by atoms with van der Waals surface area (Å²) in [6, 6.07) is 14.8. The van der Waals surface area contributed by atoms with Crippen LogP contribution < -0.4 is 10.1 Å². The van der Waals surface area contributed by atoms with E-state index < -0.39 is 26.8 Å². The molecule has 1 aliphatic rings. The van der Waals surface area contributed by atoms with E-state index in [9.17, 15) is 12.8 Å². The number of halogens is 4. The number of hydrogen-bond acceptors (Lipinski definition) is 4. The maximum atomic E-state index is 14.4. The third-order valence-corrected chi connectivity index (χ3v) is 7.56. The molecule has 5 nitrogen and oxygen atoms in total. The van der Waals surface area contributed by atoms with Crippen LogP contribution in [0.25, 0.3) is 0 Å². The molecule has 3 aromatic rings. The van der Waals surface area contributed by atoms with Gasteiger partial charge in [0, 0.05) is 21.5 Å². The Kier molecular flexibility index (Phi) is 6.98. The van der Waals surface area contributed by atoms with E-state index in [4.69, 9.17) is 34.8 Å². The molecular weight excluding hydrogens is 508 g/mol. The van der Waals surface area contributed by atoms with Crippen LogP contribution >= 0.6 is 34.8 Å². The number of aryl methyl sites for hydroxylation is 1. The van der Waals surface area contributed by atoms with Crippen molar-refractivity contribution in [2.75, 3.05) is 0 Å². The van der Waals surface area contributed by atoms with Crippen LogP contribution in [-0.4, -0.2) is 14.1 Å². The Hall–Kier alpha value is -2.16. The van der Waals surface area contributed by atoms with E-state index in [1.165, 1.54) is 18.2 Å². The summed E-state index contributed by atoms with van der Waals surface area (Å²) in [7, 11) is -4.26. The van der Waals surface area contributed by atoms with Gasteiger partial charge in [0.2, 0.25) is 10.0 Å². The second-order valence-corrected chi connectivity index (χ2v) is 10.7. The Balaban J connectivity index is 1.70. The third kappa shape index (κ3) is 5.34. The molecule has 0 fully saturated rings. The molecule has 0 aromatic heterocycles. The van der Waals surface area contributed by atoms with Gasteiger partial charge in [-0.05, 0) is 60.0 Å². The van der Waals surface area contributed by atoms with Gasteiger partial charge in [0.15, 0.2) is 0 Å². The molecule has 4 rings (SSSR count). The highest BCUT2D eigenvalue weighted by Crippen LogP contribution is 2.34. The van der Waals surface area contributed by atoms with E-state index >= 15 is 0 Å². The number of benzene rings is 3. The molecule has 0 spiro atoms. The molecule has 1 aliphatic heterocycles. The predicted octanol–water partition coefficient (Wildman–Crippen LogP) is 6.20. The van der Waals surface area contributed by atoms with Crippen molar-refractivity contribution < 1.29 is 12.8 Å². The lowest BCUT2D eigenvalue weighted by Crippen LogP contribution is -2.34. The van der Waals surface area contributed by atoms with Crippen LogP contribution in [0.2, 0.25) is 15.1 Å². The highest BCUT2D eigenvalue weighted by atomic mass is 35.5.